The van der Waals surface area contributed by atoms with Crippen molar-refractivity contribution in [1.29, 1.82) is 0 Å². The quantitative estimate of drug-likeness (QED) is 0.410. The Kier molecular flexibility index (Phi) is 4.89. The van der Waals surface area contributed by atoms with E-state index >= 15 is 0 Å². The minimum atomic E-state index is 0.487. The number of thioether (sulfide) groups is 1. The molecule has 3 heterocycles. The van der Waals surface area contributed by atoms with Crippen molar-refractivity contribution in [3.8, 4) is 23.0 Å². The second kappa shape index (κ2) is 7.46. The first-order chi connectivity index (χ1) is 12.8. The van der Waals surface area contributed by atoms with Crippen LogP contribution in [-0.2, 0) is 12.3 Å². The van der Waals surface area contributed by atoms with Crippen molar-refractivity contribution in [1.82, 2.24) is 25.0 Å². The average Bonchev–Trinajstić information content (AvgIpc) is 3.39. The molecule has 0 radical (unpaired) electrons. The molecule has 0 aliphatic carbocycles. The number of hydrogen-bond acceptors (Lipinski definition) is 7. The van der Waals surface area contributed by atoms with E-state index in [9.17, 15) is 0 Å². The molecule has 0 saturated carbocycles. The van der Waals surface area contributed by atoms with Gasteiger partial charge in [-0.1, -0.05) is 23.9 Å². The fourth-order valence-corrected chi connectivity index (χ4v) is 3.74. The third kappa shape index (κ3) is 3.32. The zero-order valence-corrected chi connectivity index (χ0v) is 16.2. The largest absolute Gasteiger partial charge is 0.461 e. The summed E-state index contributed by atoms with van der Waals surface area (Å²) in [7, 11) is 0. The van der Waals surface area contributed by atoms with Crippen LogP contribution in [0.15, 0.2) is 61.1 Å². The molecule has 0 fully saturated rings. The fourth-order valence-electron chi connectivity index (χ4n) is 2.45. The molecule has 3 aromatic heterocycles. The number of halogens is 1. The average molecular weight is 432 g/mol. The van der Waals surface area contributed by atoms with Gasteiger partial charge in [0, 0.05) is 11.0 Å². The molecule has 4 rings (SSSR count). The van der Waals surface area contributed by atoms with E-state index in [1.165, 1.54) is 11.8 Å². The lowest BCUT2D eigenvalue weighted by molar-refractivity contribution is 0.527. The molecule has 132 valence electrons. The van der Waals surface area contributed by atoms with Crippen molar-refractivity contribution in [2.24, 2.45) is 0 Å². The van der Waals surface area contributed by atoms with E-state index in [1.807, 2.05) is 47.9 Å². The van der Waals surface area contributed by atoms with Crippen LogP contribution in [-0.4, -0.2) is 25.0 Å². The summed E-state index contributed by atoms with van der Waals surface area (Å²) in [5.41, 5.74) is 0.869. The summed E-state index contributed by atoms with van der Waals surface area (Å²) in [6.07, 6.45) is 1.62. The van der Waals surface area contributed by atoms with Gasteiger partial charge in [-0.2, -0.15) is 0 Å². The number of benzene rings is 1. The Balaban J connectivity index is 1.51. The topological polar surface area (TPSA) is 82.8 Å². The van der Waals surface area contributed by atoms with Crippen LogP contribution in [0, 0.1) is 0 Å². The van der Waals surface area contributed by atoms with E-state index in [-0.39, 0.29) is 0 Å². The zero-order chi connectivity index (χ0) is 17.9. The van der Waals surface area contributed by atoms with Crippen molar-refractivity contribution < 1.29 is 8.83 Å². The van der Waals surface area contributed by atoms with Crippen LogP contribution in [0.4, 0.5) is 0 Å². The van der Waals surface area contributed by atoms with Crippen LogP contribution in [0.1, 0.15) is 12.8 Å². The second-order valence-corrected chi connectivity index (χ2v) is 7.09. The van der Waals surface area contributed by atoms with Crippen molar-refractivity contribution in [3.63, 3.8) is 0 Å². The molecule has 0 amide bonds. The van der Waals surface area contributed by atoms with Crippen LogP contribution >= 0.6 is 27.7 Å². The summed E-state index contributed by atoms with van der Waals surface area (Å²) >= 11 is 4.99. The minimum Gasteiger partial charge on any atom is -0.461 e. The molecule has 1 aromatic carbocycles. The van der Waals surface area contributed by atoms with E-state index < -0.39 is 0 Å². The summed E-state index contributed by atoms with van der Waals surface area (Å²) in [4.78, 5) is 0. The van der Waals surface area contributed by atoms with Gasteiger partial charge < -0.3 is 8.83 Å². The summed E-state index contributed by atoms with van der Waals surface area (Å²) in [6.45, 7) is 2.77. The van der Waals surface area contributed by atoms with Crippen molar-refractivity contribution >= 4 is 27.7 Å². The lowest BCUT2D eigenvalue weighted by Crippen LogP contribution is -1.99. The second-order valence-electron chi connectivity index (χ2n) is 5.30. The monoisotopic (exact) mass is 431 g/mol. The summed E-state index contributed by atoms with van der Waals surface area (Å²) in [5, 5.41) is 17.5. The van der Waals surface area contributed by atoms with Gasteiger partial charge >= 0.3 is 0 Å². The molecular weight excluding hydrogens is 418 g/mol. The van der Waals surface area contributed by atoms with Gasteiger partial charge in [-0.05, 0) is 47.1 Å². The van der Waals surface area contributed by atoms with Crippen molar-refractivity contribution in [2.75, 3.05) is 0 Å². The Morgan fingerprint density at radius 1 is 1.08 bits per heavy atom. The summed E-state index contributed by atoms with van der Waals surface area (Å²) < 4.78 is 14.1. The number of rotatable bonds is 6. The zero-order valence-electron chi connectivity index (χ0n) is 13.8. The first-order valence-corrected chi connectivity index (χ1v) is 9.71. The highest BCUT2D eigenvalue weighted by molar-refractivity contribution is 9.10. The molecule has 0 aliphatic rings. The lowest BCUT2D eigenvalue weighted by Gasteiger charge is -2.04. The van der Waals surface area contributed by atoms with Crippen molar-refractivity contribution in [3.05, 3.63) is 53.0 Å². The maximum absolute atomic E-state index is 5.78. The highest BCUT2D eigenvalue weighted by Gasteiger charge is 2.17. The molecule has 0 unspecified atom stereocenters. The van der Waals surface area contributed by atoms with Crippen LogP contribution in [0.3, 0.4) is 0 Å². The number of aromatic nitrogens is 5. The van der Waals surface area contributed by atoms with Gasteiger partial charge in [-0.25, -0.2) is 0 Å². The Morgan fingerprint density at radius 2 is 1.96 bits per heavy atom. The molecular formula is C17H14BrN5O2S. The van der Waals surface area contributed by atoms with E-state index in [0.29, 0.717) is 29.1 Å². The molecule has 26 heavy (non-hydrogen) atoms. The summed E-state index contributed by atoms with van der Waals surface area (Å²) in [6, 6.07) is 11.4. The molecule has 4 aromatic rings. The fraction of sp³-hybridized carbons (Fsp3) is 0.176. The number of furan rings is 1. The molecule has 0 atom stereocenters. The third-order valence-corrected chi connectivity index (χ3v) is 5.31. The van der Waals surface area contributed by atoms with Gasteiger partial charge in [0.25, 0.3) is 0 Å². The van der Waals surface area contributed by atoms with Crippen molar-refractivity contribution in [2.45, 2.75) is 24.4 Å². The molecule has 7 nitrogen and oxygen atoms in total. The van der Waals surface area contributed by atoms with Gasteiger partial charge in [-0.3, -0.25) is 4.57 Å². The van der Waals surface area contributed by atoms with E-state index in [0.717, 1.165) is 21.7 Å². The molecule has 9 heteroatoms. The van der Waals surface area contributed by atoms with Gasteiger partial charge in [0.05, 0.1) is 17.6 Å². The normalized spacial score (nSPS) is 11.2. The molecule has 0 N–H and O–H groups in total. The van der Waals surface area contributed by atoms with E-state index in [2.05, 4.69) is 36.3 Å². The summed E-state index contributed by atoms with van der Waals surface area (Å²) in [5.74, 6) is 2.93. The smallest absolute Gasteiger partial charge is 0.248 e. The highest BCUT2D eigenvalue weighted by Crippen LogP contribution is 2.29. The first kappa shape index (κ1) is 17.0. The van der Waals surface area contributed by atoms with Gasteiger partial charge in [0.1, 0.15) is 0 Å². The third-order valence-electron chi connectivity index (χ3n) is 3.67. The van der Waals surface area contributed by atoms with Gasteiger partial charge in [0.2, 0.25) is 11.8 Å². The predicted molar refractivity (Wildman–Crippen MR) is 100 cm³/mol. The van der Waals surface area contributed by atoms with Crippen LogP contribution < -0.4 is 0 Å². The van der Waals surface area contributed by atoms with E-state index in [4.69, 9.17) is 8.83 Å². The number of nitrogens with zero attached hydrogens (tertiary/aromatic N) is 5. The molecule has 0 saturated heterocycles. The Bertz CT molecular complexity index is 1010. The maximum Gasteiger partial charge on any atom is 0.248 e. The number of hydrogen-bond donors (Lipinski definition) is 0. The lowest BCUT2D eigenvalue weighted by atomic mass is 10.2. The van der Waals surface area contributed by atoms with Gasteiger partial charge in [-0.15, -0.1) is 20.4 Å². The molecule has 0 spiro atoms. The minimum absolute atomic E-state index is 0.487. The van der Waals surface area contributed by atoms with Crippen LogP contribution in [0.2, 0.25) is 0 Å². The molecule has 0 bridgehead atoms. The van der Waals surface area contributed by atoms with Gasteiger partial charge in [0.15, 0.2) is 16.7 Å². The SMILES string of the molecule is CCn1c(SCc2nnc(-c3ccccc3Br)o2)nnc1-c1ccco1. The van der Waals surface area contributed by atoms with Crippen LogP contribution in [0.25, 0.3) is 23.0 Å². The Morgan fingerprint density at radius 3 is 2.73 bits per heavy atom. The maximum atomic E-state index is 5.78. The Hall–Kier alpha value is -2.39. The van der Waals surface area contributed by atoms with E-state index in [1.54, 1.807) is 6.26 Å². The Labute approximate surface area is 162 Å². The predicted octanol–water partition coefficient (Wildman–Crippen LogP) is 4.66. The van der Waals surface area contributed by atoms with Crippen LogP contribution in [0.5, 0.6) is 0 Å². The molecule has 0 aliphatic heterocycles. The standard InChI is InChI=1S/C17H14BrN5O2S/c1-2-23-15(13-8-5-9-24-13)20-22-17(23)26-10-14-19-21-16(25-14)11-6-3-4-7-12(11)18/h3-9H,2,10H2,1H3. The first-order valence-electron chi connectivity index (χ1n) is 7.93. The highest BCUT2D eigenvalue weighted by atomic mass is 79.9.